The highest BCUT2D eigenvalue weighted by atomic mass is 32.1. The number of methoxy groups -OCH3 is 1. The lowest BCUT2D eigenvalue weighted by atomic mass is 9.93. The van der Waals surface area contributed by atoms with Crippen LogP contribution < -0.4 is 20.7 Å². The highest BCUT2D eigenvalue weighted by Gasteiger charge is 2.28. The number of rotatable bonds is 8. The van der Waals surface area contributed by atoms with Crippen molar-refractivity contribution in [2.45, 2.75) is 104 Å². The Bertz CT molecular complexity index is 2070. The lowest BCUT2D eigenvalue weighted by Crippen LogP contribution is -2.36. The number of amides is 3. The van der Waals surface area contributed by atoms with Crippen molar-refractivity contribution in [3.05, 3.63) is 87.0 Å². The molecule has 2 aromatic heterocycles. The second-order valence-corrected chi connectivity index (χ2v) is 16.2. The fourth-order valence-corrected chi connectivity index (χ4v) is 8.24. The number of nitrogens with zero attached hydrogens (tertiary/aromatic N) is 1. The van der Waals surface area contributed by atoms with Crippen molar-refractivity contribution >= 4 is 40.9 Å². The highest BCUT2D eigenvalue weighted by molar-refractivity contribution is 7.13. The van der Waals surface area contributed by atoms with Gasteiger partial charge < -0.3 is 30.2 Å². The molecule has 0 unspecified atom stereocenters. The molecule has 0 bridgehead atoms. The summed E-state index contributed by atoms with van der Waals surface area (Å²) in [5.74, 6) is -0.927. The Hall–Kier alpha value is -5.23. The van der Waals surface area contributed by atoms with Crippen LogP contribution >= 0.6 is 11.3 Å². The molecular formula is C43H50N4O7S. The summed E-state index contributed by atoms with van der Waals surface area (Å²) < 4.78 is 16.8. The van der Waals surface area contributed by atoms with E-state index in [1.165, 1.54) is 13.5 Å². The first-order valence-electron chi connectivity index (χ1n) is 19.0. The first-order chi connectivity index (χ1) is 26.3. The fourth-order valence-electron chi connectivity index (χ4n) is 7.26. The number of esters is 1. The number of benzene rings is 2. The van der Waals surface area contributed by atoms with E-state index in [4.69, 9.17) is 14.2 Å². The van der Waals surface area contributed by atoms with Gasteiger partial charge in [0.2, 0.25) is 0 Å². The number of hydrogen-bond acceptors (Lipinski definition) is 9. The predicted molar refractivity (Wildman–Crippen MR) is 214 cm³/mol. The molecule has 12 heteroatoms. The molecule has 2 aliphatic rings. The Kier molecular flexibility index (Phi) is 12.2. The summed E-state index contributed by atoms with van der Waals surface area (Å²) in [6.45, 7) is 9.90. The minimum atomic E-state index is -0.736. The molecule has 0 atom stereocenters. The molecule has 1 saturated carbocycles. The smallest absolute Gasteiger partial charge is 0.407 e. The fraction of sp³-hybridized carbons (Fsp3) is 0.419. The summed E-state index contributed by atoms with van der Waals surface area (Å²) in [5.41, 5.74) is 5.38. The Morgan fingerprint density at radius 2 is 1.60 bits per heavy atom. The molecule has 4 aromatic rings. The van der Waals surface area contributed by atoms with Gasteiger partial charge in [0, 0.05) is 51.8 Å². The van der Waals surface area contributed by atoms with Gasteiger partial charge in [-0.1, -0.05) is 44.2 Å². The third kappa shape index (κ3) is 9.54. The van der Waals surface area contributed by atoms with Crippen molar-refractivity contribution in [2.24, 2.45) is 0 Å². The van der Waals surface area contributed by atoms with Gasteiger partial charge in [0.05, 0.1) is 13.7 Å². The maximum Gasteiger partial charge on any atom is 0.407 e. The van der Waals surface area contributed by atoms with E-state index >= 15 is 0 Å². The Balaban J connectivity index is 1.37. The third-order valence-electron chi connectivity index (χ3n) is 9.89. The zero-order chi connectivity index (χ0) is 39.3. The number of alkyl carbamates (subject to hydrolysis) is 1. The number of nitrogens with one attached hydrogen (secondary N) is 3. The molecule has 0 saturated heterocycles. The lowest BCUT2D eigenvalue weighted by molar-refractivity contribution is 0.0521. The van der Waals surface area contributed by atoms with Gasteiger partial charge in [0.15, 0.2) is 5.69 Å². The lowest BCUT2D eigenvalue weighted by Gasteiger charge is -2.21. The number of fused-ring (bicyclic) bond motifs is 3. The number of thiophene rings is 1. The van der Waals surface area contributed by atoms with Crippen molar-refractivity contribution < 1.29 is 33.4 Å². The molecule has 0 spiro atoms. The van der Waals surface area contributed by atoms with Crippen LogP contribution in [-0.2, 0) is 22.4 Å². The normalized spacial score (nSPS) is 14.5. The van der Waals surface area contributed by atoms with Gasteiger partial charge in [-0.25, -0.2) is 14.6 Å². The monoisotopic (exact) mass is 766 g/mol. The molecule has 1 fully saturated rings. The van der Waals surface area contributed by atoms with Crippen molar-refractivity contribution in [3.63, 3.8) is 0 Å². The SMILES string of the molecule is COC(=O)c1nc(C(=O)NC2CCCCCCC2)ccc1-c1cc2c(cc1C(=O)Nc1c(C)cc(CNC(=O)OC(C)(C)C)cc1C)-c1sccc1CCO2. The van der Waals surface area contributed by atoms with Crippen molar-refractivity contribution in [2.75, 3.05) is 19.0 Å². The number of anilines is 1. The third-order valence-corrected chi connectivity index (χ3v) is 10.9. The van der Waals surface area contributed by atoms with E-state index in [0.717, 1.165) is 71.2 Å². The molecule has 3 N–H and O–H groups in total. The van der Waals surface area contributed by atoms with Gasteiger partial charge in [0.25, 0.3) is 11.8 Å². The first-order valence-corrected chi connectivity index (χ1v) is 19.9. The van der Waals surface area contributed by atoms with E-state index in [-0.39, 0.29) is 35.4 Å². The molecule has 3 heterocycles. The van der Waals surface area contributed by atoms with Crippen LogP contribution in [0.3, 0.4) is 0 Å². The summed E-state index contributed by atoms with van der Waals surface area (Å²) >= 11 is 1.58. The van der Waals surface area contributed by atoms with E-state index in [0.29, 0.717) is 35.6 Å². The molecule has 0 radical (unpaired) electrons. The summed E-state index contributed by atoms with van der Waals surface area (Å²) in [6.07, 6.45) is 7.62. The number of ether oxygens (including phenoxy) is 3. The molecule has 6 rings (SSSR count). The number of carbonyl (C=O) groups excluding carboxylic acids is 4. The summed E-state index contributed by atoms with van der Waals surface area (Å²) in [4.78, 5) is 59.3. The topological polar surface area (TPSA) is 145 Å². The van der Waals surface area contributed by atoms with Crippen LogP contribution in [0.4, 0.5) is 10.5 Å². The number of hydrogen-bond donors (Lipinski definition) is 3. The summed E-state index contributed by atoms with van der Waals surface area (Å²) in [7, 11) is 1.26. The van der Waals surface area contributed by atoms with Crippen LogP contribution in [0.2, 0.25) is 0 Å². The maximum absolute atomic E-state index is 14.5. The quantitative estimate of drug-likeness (QED) is 0.151. The molecule has 11 nitrogen and oxygen atoms in total. The van der Waals surface area contributed by atoms with Crippen molar-refractivity contribution in [3.8, 4) is 27.3 Å². The molecule has 55 heavy (non-hydrogen) atoms. The second kappa shape index (κ2) is 17.1. The van der Waals surface area contributed by atoms with Gasteiger partial charge >= 0.3 is 12.1 Å². The van der Waals surface area contributed by atoms with Crippen LogP contribution in [0.5, 0.6) is 5.75 Å². The van der Waals surface area contributed by atoms with Gasteiger partial charge in [-0.3, -0.25) is 9.59 Å². The average Bonchev–Trinajstić information content (AvgIpc) is 3.53. The number of pyridine rings is 1. The number of aromatic nitrogens is 1. The van der Waals surface area contributed by atoms with E-state index in [2.05, 4.69) is 27.0 Å². The van der Waals surface area contributed by atoms with E-state index in [1.54, 1.807) is 56.4 Å². The van der Waals surface area contributed by atoms with Crippen LogP contribution in [0, 0.1) is 13.8 Å². The van der Waals surface area contributed by atoms with E-state index in [1.807, 2.05) is 31.4 Å². The minimum Gasteiger partial charge on any atom is -0.493 e. The largest absolute Gasteiger partial charge is 0.493 e. The number of carbonyl (C=O) groups is 4. The zero-order valence-corrected chi connectivity index (χ0v) is 33.3. The minimum absolute atomic E-state index is 0.0391. The number of aryl methyl sites for hydroxylation is 2. The van der Waals surface area contributed by atoms with Gasteiger partial charge in [-0.15, -0.1) is 11.3 Å². The molecule has 3 amide bonds. The van der Waals surface area contributed by atoms with Crippen LogP contribution in [-0.4, -0.2) is 54.2 Å². The summed E-state index contributed by atoms with van der Waals surface area (Å²) in [6, 6.07) is 12.7. The molecule has 290 valence electrons. The predicted octanol–water partition coefficient (Wildman–Crippen LogP) is 8.94. The standard InChI is InChI=1S/C43H50N4O7S/c1-25-20-27(24-44-42(51)54-43(3,4)5)21-26(2)36(25)47-39(48)32-22-33-35(53-18-16-28-17-19-55-38(28)33)23-31(32)30-14-15-34(46-37(30)41(50)52-6)40(49)45-29-12-10-8-7-9-11-13-29/h14-15,17,19-23,29H,7-13,16,18,24H2,1-6H3,(H,44,51)(H,45,49)(H,47,48). The maximum atomic E-state index is 14.5. The Morgan fingerprint density at radius 3 is 2.29 bits per heavy atom. The van der Waals surface area contributed by atoms with Gasteiger partial charge in [0.1, 0.15) is 17.0 Å². The Morgan fingerprint density at radius 1 is 0.891 bits per heavy atom. The second-order valence-electron chi connectivity index (χ2n) is 15.3. The summed E-state index contributed by atoms with van der Waals surface area (Å²) in [5, 5.41) is 11.1. The molecular weight excluding hydrogens is 717 g/mol. The van der Waals surface area contributed by atoms with Crippen molar-refractivity contribution in [1.29, 1.82) is 0 Å². The Labute approximate surface area is 326 Å². The molecule has 1 aliphatic carbocycles. The van der Waals surface area contributed by atoms with Crippen LogP contribution in [0.15, 0.2) is 47.8 Å². The van der Waals surface area contributed by atoms with Gasteiger partial charge in [-0.05, 0) is 105 Å². The first kappa shape index (κ1) is 39.5. The molecule has 1 aliphatic heterocycles. The zero-order valence-electron chi connectivity index (χ0n) is 32.5. The average molecular weight is 767 g/mol. The van der Waals surface area contributed by atoms with Crippen LogP contribution in [0.25, 0.3) is 21.6 Å². The van der Waals surface area contributed by atoms with Crippen molar-refractivity contribution in [1.82, 2.24) is 15.6 Å². The molecule has 2 aromatic carbocycles. The highest BCUT2D eigenvalue weighted by Crippen LogP contribution is 2.43. The van der Waals surface area contributed by atoms with Crippen LogP contribution in [0.1, 0.15) is 119 Å². The van der Waals surface area contributed by atoms with E-state index in [9.17, 15) is 19.2 Å². The van der Waals surface area contributed by atoms with Gasteiger partial charge in [-0.2, -0.15) is 0 Å². The van der Waals surface area contributed by atoms with E-state index < -0.39 is 23.6 Å².